The largest absolute Gasteiger partial charge is 0.339 e. The Hall–Kier alpha value is -1.52. The van der Waals surface area contributed by atoms with Crippen LogP contribution < -0.4 is 10.6 Å². The van der Waals surface area contributed by atoms with Crippen molar-refractivity contribution in [3.8, 4) is 0 Å². The molecule has 2 rings (SSSR count). The molecule has 20 heavy (non-hydrogen) atoms. The molecule has 0 atom stereocenters. The highest BCUT2D eigenvalue weighted by Crippen LogP contribution is 2.34. The average molecular weight is 290 g/mol. The molecule has 106 valence electrons. The zero-order valence-corrected chi connectivity index (χ0v) is 12.6. The van der Waals surface area contributed by atoms with Crippen LogP contribution >= 0.6 is 11.8 Å². The van der Waals surface area contributed by atoms with Crippen molar-refractivity contribution >= 4 is 23.1 Å². The summed E-state index contributed by atoms with van der Waals surface area (Å²) in [6, 6.07) is 12.9. The lowest BCUT2D eigenvalue weighted by molar-refractivity contribution is 0.625. The van der Waals surface area contributed by atoms with Crippen LogP contribution in [0, 0.1) is 5.82 Å². The topological polar surface area (TPSA) is 29.3 Å². The van der Waals surface area contributed by atoms with Crippen molar-refractivity contribution in [3.05, 3.63) is 53.8 Å². The number of thioether (sulfide) groups is 1. The second-order valence-corrected chi connectivity index (χ2v) is 5.21. The van der Waals surface area contributed by atoms with E-state index in [2.05, 4.69) is 0 Å². The number of anilines is 2. The first-order valence-corrected chi connectivity index (χ1v) is 7.83. The number of halogens is 1. The third-order valence-corrected chi connectivity index (χ3v) is 4.10. The molecule has 0 unspecified atom stereocenters. The summed E-state index contributed by atoms with van der Waals surface area (Å²) in [7, 11) is 0. The Morgan fingerprint density at radius 1 is 1.10 bits per heavy atom. The highest BCUT2D eigenvalue weighted by molar-refractivity contribution is 7.98. The maximum Gasteiger partial charge on any atom is 0.146 e. The van der Waals surface area contributed by atoms with E-state index in [1.807, 2.05) is 42.3 Å². The van der Waals surface area contributed by atoms with E-state index in [0.717, 1.165) is 16.1 Å². The highest BCUT2D eigenvalue weighted by atomic mass is 32.2. The summed E-state index contributed by atoms with van der Waals surface area (Å²) in [5.41, 5.74) is 8.53. The van der Waals surface area contributed by atoms with Crippen LogP contribution in [-0.2, 0) is 6.54 Å². The minimum absolute atomic E-state index is 0.216. The Labute approximate surface area is 123 Å². The minimum atomic E-state index is -0.216. The van der Waals surface area contributed by atoms with E-state index < -0.39 is 0 Å². The number of benzene rings is 2. The van der Waals surface area contributed by atoms with Crippen molar-refractivity contribution in [2.75, 3.05) is 17.7 Å². The summed E-state index contributed by atoms with van der Waals surface area (Å²) in [6.45, 7) is 3.14. The van der Waals surface area contributed by atoms with E-state index >= 15 is 0 Å². The van der Waals surface area contributed by atoms with E-state index in [-0.39, 0.29) is 5.82 Å². The molecule has 0 heterocycles. The van der Waals surface area contributed by atoms with Crippen molar-refractivity contribution in [1.82, 2.24) is 0 Å². The molecule has 2 N–H and O–H groups in total. The summed E-state index contributed by atoms with van der Waals surface area (Å²) in [6.07, 6.45) is 2.03. The maximum absolute atomic E-state index is 14.1. The molecule has 0 aliphatic rings. The fraction of sp³-hybridized carbons (Fsp3) is 0.250. The Bertz CT molecular complexity index is 586. The molecule has 2 nitrogen and oxygen atoms in total. The van der Waals surface area contributed by atoms with E-state index in [1.165, 1.54) is 6.07 Å². The van der Waals surface area contributed by atoms with Crippen LogP contribution in [0.25, 0.3) is 0 Å². The molecule has 0 saturated carbocycles. The van der Waals surface area contributed by atoms with Gasteiger partial charge in [-0.1, -0.05) is 18.2 Å². The monoisotopic (exact) mass is 290 g/mol. The molecule has 0 aromatic heterocycles. The van der Waals surface area contributed by atoms with Crippen LogP contribution in [0.2, 0.25) is 0 Å². The van der Waals surface area contributed by atoms with Gasteiger partial charge in [-0.3, -0.25) is 0 Å². The smallest absolute Gasteiger partial charge is 0.146 e. The summed E-state index contributed by atoms with van der Waals surface area (Å²) >= 11 is 1.66. The minimum Gasteiger partial charge on any atom is -0.339 e. The van der Waals surface area contributed by atoms with Gasteiger partial charge in [0.25, 0.3) is 0 Å². The van der Waals surface area contributed by atoms with Crippen molar-refractivity contribution in [2.24, 2.45) is 5.73 Å². The van der Waals surface area contributed by atoms with Crippen molar-refractivity contribution in [1.29, 1.82) is 0 Å². The molecule has 0 aliphatic carbocycles. The normalized spacial score (nSPS) is 10.6. The molecule has 2 aromatic carbocycles. The molecule has 0 fully saturated rings. The first kappa shape index (κ1) is 14.9. The van der Waals surface area contributed by atoms with E-state index in [9.17, 15) is 4.39 Å². The Morgan fingerprint density at radius 2 is 1.80 bits per heavy atom. The van der Waals surface area contributed by atoms with Gasteiger partial charge in [0.1, 0.15) is 5.82 Å². The van der Waals surface area contributed by atoms with E-state index in [1.54, 1.807) is 23.9 Å². The van der Waals surface area contributed by atoms with Gasteiger partial charge in [-0.15, -0.1) is 11.8 Å². The van der Waals surface area contributed by atoms with Gasteiger partial charge in [-0.2, -0.15) is 0 Å². The van der Waals surface area contributed by atoms with Crippen LogP contribution in [0.1, 0.15) is 12.5 Å². The number of hydrogen-bond donors (Lipinski definition) is 1. The third kappa shape index (κ3) is 2.81. The molecule has 0 radical (unpaired) electrons. The second kappa shape index (κ2) is 6.77. The zero-order valence-electron chi connectivity index (χ0n) is 11.8. The third-order valence-electron chi connectivity index (χ3n) is 3.28. The van der Waals surface area contributed by atoms with Gasteiger partial charge in [0.05, 0.1) is 5.69 Å². The van der Waals surface area contributed by atoms with Crippen LogP contribution in [-0.4, -0.2) is 12.8 Å². The predicted octanol–water partition coefficient (Wildman–Crippen LogP) is 4.16. The van der Waals surface area contributed by atoms with Gasteiger partial charge in [0.2, 0.25) is 0 Å². The van der Waals surface area contributed by atoms with Gasteiger partial charge in [0, 0.05) is 29.2 Å². The number of para-hydroxylation sites is 1. The van der Waals surface area contributed by atoms with Crippen molar-refractivity contribution < 1.29 is 4.39 Å². The van der Waals surface area contributed by atoms with Crippen LogP contribution in [0.3, 0.4) is 0 Å². The highest BCUT2D eigenvalue weighted by Gasteiger charge is 2.16. The molecule has 4 heteroatoms. The Balaban J connectivity index is 2.55. The van der Waals surface area contributed by atoms with Gasteiger partial charge in [0.15, 0.2) is 0 Å². The summed E-state index contributed by atoms with van der Waals surface area (Å²) in [5.74, 6) is -0.216. The van der Waals surface area contributed by atoms with Crippen molar-refractivity contribution in [2.45, 2.75) is 18.4 Å². The van der Waals surface area contributed by atoms with E-state index in [4.69, 9.17) is 5.73 Å². The van der Waals surface area contributed by atoms with Crippen LogP contribution in [0.15, 0.2) is 47.4 Å². The fourth-order valence-corrected chi connectivity index (χ4v) is 2.99. The average Bonchev–Trinajstić information content (AvgIpc) is 2.49. The first-order valence-electron chi connectivity index (χ1n) is 6.61. The number of hydrogen-bond acceptors (Lipinski definition) is 3. The van der Waals surface area contributed by atoms with Gasteiger partial charge in [-0.25, -0.2) is 4.39 Å². The molecular weight excluding hydrogens is 271 g/mol. The molecule has 2 aromatic rings. The molecule has 0 amide bonds. The first-order chi connectivity index (χ1) is 9.72. The lowest BCUT2D eigenvalue weighted by Crippen LogP contribution is -2.20. The van der Waals surface area contributed by atoms with Gasteiger partial charge < -0.3 is 10.6 Å². The lowest BCUT2D eigenvalue weighted by atomic mass is 10.1. The Morgan fingerprint density at radius 3 is 2.40 bits per heavy atom. The van der Waals surface area contributed by atoms with E-state index in [0.29, 0.717) is 18.8 Å². The van der Waals surface area contributed by atoms with Gasteiger partial charge >= 0.3 is 0 Å². The molecule has 0 spiro atoms. The lowest BCUT2D eigenvalue weighted by Gasteiger charge is -2.27. The molecular formula is C16H19FN2S. The van der Waals surface area contributed by atoms with Crippen molar-refractivity contribution in [3.63, 3.8) is 0 Å². The molecule has 0 aliphatic heterocycles. The van der Waals surface area contributed by atoms with Gasteiger partial charge in [-0.05, 0) is 37.4 Å². The predicted molar refractivity (Wildman–Crippen MR) is 85.2 cm³/mol. The summed E-state index contributed by atoms with van der Waals surface area (Å²) in [5, 5.41) is 0. The summed E-state index contributed by atoms with van der Waals surface area (Å²) < 4.78 is 14.1. The van der Waals surface area contributed by atoms with Crippen LogP contribution in [0.5, 0.6) is 0 Å². The maximum atomic E-state index is 14.1. The SMILES string of the molecule is CCN(c1ccccc1F)c1cccc(SC)c1CN. The summed E-state index contributed by atoms with van der Waals surface area (Å²) in [4.78, 5) is 3.11. The Kier molecular flexibility index (Phi) is 5.04. The standard InChI is InChI=1S/C16H19FN2S/c1-3-19(15-8-5-4-7-13(15)17)14-9-6-10-16(20-2)12(14)11-18/h4-10H,3,11,18H2,1-2H3. The fourth-order valence-electron chi connectivity index (χ4n) is 2.34. The molecule has 0 saturated heterocycles. The van der Waals surface area contributed by atoms with Crippen LogP contribution in [0.4, 0.5) is 15.8 Å². The zero-order chi connectivity index (χ0) is 14.5. The number of nitrogens with zero attached hydrogens (tertiary/aromatic N) is 1. The molecule has 0 bridgehead atoms. The quantitative estimate of drug-likeness (QED) is 0.838. The number of nitrogens with two attached hydrogens (primary N) is 1. The second-order valence-electron chi connectivity index (χ2n) is 4.36. The number of rotatable bonds is 5.